The third-order valence-electron chi connectivity index (χ3n) is 3.09. The van der Waals surface area contributed by atoms with Crippen LogP contribution in [0.2, 0.25) is 0 Å². The van der Waals surface area contributed by atoms with Gasteiger partial charge in [0.15, 0.2) is 0 Å². The van der Waals surface area contributed by atoms with Crippen LogP contribution < -0.4 is 9.88 Å². The highest BCUT2D eigenvalue weighted by Gasteiger charge is 2.52. The topological polar surface area (TPSA) is 95.7 Å². The molecule has 9 heteroatoms. The molecule has 0 saturated heterocycles. The minimum absolute atomic E-state index is 0.0283. The van der Waals surface area contributed by atoms with Crippen molar-refractivity contribution in [3.8, 4) is 5.75 Å². The van der Waals surface area contributed by atoms with Gasteiger partial charge in [-0.2, -0.15) is 0 Å². The van der Waals surface area contributed by atoms with Crippen molar-refractivity contribution in [1.82, 2.24) is 0 Å². The average molecular weight is 354 g/mol. The molecule has 1 aliphatic rings. The third kappa shape index (κ3) is 3.79. The van der Waals surface area contributed by atoms with Crippen LogP contribution in [-0.2, 0) is 14.8 Å². The molecule has 2 N–H and O–H groups in total. The number of rotatable bonds is 5. The first-order chi connectivity index (χ1) is 9.65. The predicted molar refractivity (Wildman–Crippen MR) is 77.2 cm³/mol. The van der Waals surface area contributed by atoms with Crippen LogP contribution in [0, 0.1) is 5.92 Å². The number of sulfonamides is 1. The van der Waals surface area contributed by atoms with E-state index in [0.717, 1.165) is 6.07 Å². The first-order valence-electron chi connectivity index (χ1n) is 5.91. The second kappa shape index (κ2) is 5.64. The van der Waals surface area contributed by atoms with Crippen molar-refractivity contribution in [1.29, 1.82) is 0 Å². The molecule has 0 unspecified atom stereocenters. The maximum absolute atomic E-state index is 12.0. The molecule has 6 nitrogen and oxygen atoms in total. The Morgan fingerprint density at radius 2 is 2.10 bits per heavy atom. The van der Waals surface area contributed by atoms with Crippen molar-refractivity contribution >= 4 is 39.2 Å². The fraction of sp³-hybridized carbons (Fsp3) is 0.417. The van der Waals surface area contributed by atoms with Crippen LogP contribution >= 0.6 is 23.2 Å². The second-order valence-corrected chi connectivity index (χ2v) is 7.77. The summed E-state index contributed by atoms with van der Waals surface area (Å²) in [6, 6.07) is 3.69. The summed E-state index contributed by atoms with van der Waals surface area (Å²) in [5.41, 5.74) is -0.0283. The summed E-state index contributed by atoms with van der Waals surface area (Å²) < 4.78 is 31.9. The van der Waals surface area contributed by atoms with Gasteiger partial charge in [0, 0.05) is 5.92 Å². The number of hydrogen-bond acceptors (Lipinski definition) is 5. The number of esters is 1. The summed E-state index contributed by atoms with van der Waals surface area (Å²) in [5, 5.41) is 5.03. The van der Waals surface area contributed by atoms with Crippen LogP contribution in [0.4, 0.5) is 0 Å². The maximum Gasteiger partial charge on any atom is 0.341 e. The fourth-order valence-electron chi connectivity index (χ4n) is 1.73. The second-order valence-electron chi connectivity index (χ2n) is 4.67. The Kier molecular flexibility index (Phi) is 4.39. The monoisotopic (exact) mass is 353 g/mol. The highest BCUT2D eigenvalue weighted by molar-refractivity contribution is 7.89. The number of hydrogen-bond donors (Lipinski definition) is 1. The molecule has 0 heterocycles. The van der Waals surface area contributed by atoms with E-state index in [2.05, 4.69) is 0 Å². The van der Waals surface area contributed by atoms with Crippen molar-refractivity contribution in [2.45, 2.75) is 15.6 Å². The minimum Gasteiger partial charge on any atom is -0.496 e. The van der Waals surface area contributed by atoms with E-state index in [1.54, 1.807) is 0 Å². The summed E-state index contributed by atoms with van der Waals surface area (Å²) in [5.74, 6) is -0.670. The lowest BCUT2D eigenvalue weighted by molar-refractivity contribution is 0.0481. The molecule has 2 rings (SSSR count). The van der Waals surface area contributed by atoms with Crippen LogP contribution in [0.25, 0.3) is 0 Å². The number of benzene rings is 1. The van der Waals surface area contributed by atoms with Crippen molar-refractivity contribution < 1.29 is 22.7 Å². The molecule has 116 valence electrons. The summed E-state index contributed by atoms with van der Waals surface area (Å²) in [6.45, 7) is 0.0502. The van der Waals surface area contributed by atoms with E-state index in [1.165, 1.54) is 19.2 Å². The Hall–Kier alpha value is -1.02. The van der Waals surface area contributed by atoms with Gasteiger partial charge in [-0.1, -0.05) is 0 Å². The van der Waals surface area contributed by atoms with E-state index in [1.807, 2.05) is 0 Å². The van der Waals surface area contributed by atoms with E-state index >= 15 is 0 Å². The summed E-state index contributed by atoms with van der Waals surface area (Å²) >= 11 is 11.7. The maximum atomic E-state index is 12.0. The largest absolute Gasteiger partial charge is 0.496 e. The van der Waals surface area contributed by atoms with Gasteiger partial charge in [-0.15, -0.1) is 23.2 Å². The number of methoxy groups -OCH3 is 1. The summed E-state index contributed by atoms with van der Waals surface area (Å²) in [6.07, 6.45) is 0.539. The van der Waals surface area contributed by atoms with Gasteiger partial charge < -0.3 is 9.47 Å². The van der Waals surface area contributed by atoms with Gasteiger partial charge in [0.25, 0.3) is 0 Å². The number of halogens is 2. The number of ether oxygens (including phenoxy) is 2. The lowest BCUT2D eigenvalue weighted by Gasteiger charge is -2.10. The van der Waals surface area contributed by atoms with E-state index in [0.29, 0.717) is 6.42 Å². The quantitative estimate of drug-likeness (QED) is 0.641. The Bertz CT molecular complexity index is 674. The van der Waals surface area contributed by atoms with Crippen LogP contribution in [0.15, 0.2) is 23.1 Å². The van der Waals surface area contributed by atoms with Gasteiger partial charge >= 0.3 is 5.97 Å². The molecule has 1 atom stereocenters. The first kappa shape index (κ1) is 16.4. The molecule has 1 fully saturated rings. The number of carbonyl (C=O) groups is 1. The van der Waals surface area contributed by atoms with Crippen molar-refractivity contribution in [3.05, 3.63) is 23.8 Å². The predicted octanol–water partition coefficient (Wildman–Crippen LogP) is 1.69. The van der Waals surface area contributed by atoms with Gasteiger partial charge in [0.2, 0.25) is 10.0 Å². The Balaban J connectivity index is 2.18. The van der Waals surface area contributed by atoms with Gasteiger partial charge in [0.05, 0.1) is 18.6 Å². The van der Waals surface area contributed by atoms with Crippen LogP contribution in [0.3, 0.4) is 0 Å². The molecule has 0 amide bonds. The molecule has 0 bridgehead atoms. The van der Waals surface area contributed by atoms with E-state index in [9.17, 15) is 13.2 Å². The molecule has 1 saturated carbocycles. The molecule has 0 aromatic heterocycles. The molecule has 0 radical (unpaired) electrons. The van der Waals surface area contributed by atoms with Gasteiger partial charge in [-0.25, -0.2) is 18.4 Å². The SMILES string of the molecule is COc1ccc(S(N)(=O)=O)cc1C(=O)OC[C@H]1CC1(Cl)Cl. The molecule has 1 aliphatic carbocycles. The molecular formula is C12H13Cl2NO5S. The zero-order chi connectivity index (χ0) is 15.8. The number of alkyl halides is 2. The Labute approximate surface area is 132 Å². The van der Waals surface area contributed by atoms with Crippen LogP contribution in [0.5, 0.6) is 5.75 Å². The Morgan fingerprint density at radius 3 is 2.57 bits per heavy atom. The van der Waals surface area contributed by atoms with E-state index in [4.69, 9.17) is 37.8 Å². The lowest BCUT2D eigenvalue weighted by Crippen LogP contribution is -2.15. The summed E-state index contributed by atoms with van der Waals surface area (Å²) in [7, 11) is -2.57. The van der Waals surface area contributed by atoms with Gasteiger partial charge in [0.1, 0.15) is 15.6 Å². The lowest BCUT2D eigenvalue weighted by atomic mass is 10.2. The average Bonchev–Trinajstić information content (AvgIpc) is 3.01. The minimum atomic E-state index is -3.93. The summed E-state index contributed by atoms with van der Waals surface area (Å²) in [4.78, 5) is 11.8. The van der Waals surface area contributed by atoms with Crippen LogP contribution in [-0.4, -0.2) is 32.4 Å². The number of primary sulfonamides is 1. The van der Waals surface area contributed by atoms with Gasteiger partial charge in [-0.3, -0.25) is 0 Å². The zero-order valence-electron chi connectivity index (χ0n) is 11.0. The van der Waals surface area contributed by atoms with Crippen molar-refractivity contribution in [3.63, 3.8) is 0 Å². The molecule has 1 aromatic rings. The zero-order valence-corrected chi connectivity index (χ0v) is 13.3. The molecule has 1 aromatic carbocycles. The third-order valence-corrected chi connectivity index (χ3v) is 4.93. The standard InChI is InChI=1S/C12H13Cl2NO5S/c1-19-10-3-2-8(21(15,17)18)4-9(10)11(16)20-6-7-5-12(7,13)14/h2-4,7H,5-6H2,1H3,(H2,15,17,18)/t7-/m1/s1. The van der Waals surface area contributed by atoms with E-state index < -0.39 is 20.3 Å². The first-order valence-corrected chi connectivity index (χ1v) is 8.21. The number of carbonyl (C=O) groups excluding carboxylic acids is 1. The van der Waals surface area contributed by atoms with Crippen molar-refractivity contribution in [2.24, 2.45) is 11.1 Å². The normalized spacial score (nSPS) is 19.9. The van der Waals surface area contributed by atoms with Crippen molar-refractivity contribution in [2.75, 3.05) is 13.7 Å². The Morgan fingerprint density at radius 1 is 1.48 bits per heavy atom. The van der Waals surface area contributed by atoms with Crippen LogP contribution in [0.1, 0.15) is 16.8 Å². The molecule has 0 aliphatic heterocycles. The molecular weight excluding hydrogens is 341 g/mol. The van der Waals surface area contributed by atoms with Gasteiger partial charge in [-0.05, 0) is 24.6 Å². The highest BCUT2D eigenvalue weighted by Crippen LogP contribution is 2.53. The molecule has 0 spiro atoms. The number of nitrogens with two attached hydrogens (primary N) is 1. The smallest absolute Gasteiger partial charge is 0.341 e. The van der Waals surface area contributed by atoms with E-state index in [-0.39, 0.29) is 28.7 Å². The fourth-order valence-corrected chi connectivity index (χ4v) is 2.77. The molecule has 21 heavy (non-hydrogen) atoms. The highest BCUT2D eigenvalue weighted by atomic mass is 35.5.